The topological polar surface area (TPSA) is 53.1 Å². The SMILES string of the molecule is COc1ccc2ccccc2c1CN1CCN2C(=O)N(C)C(=O)C2C1. The average Bonchev–Trinajstić information content (AvgIpc) is 2.86. The van der Waals surface area contributed by atoms with Crippen molar-refractivity contribution >= 4 is 22.7 Å². The minimum Gasteiger partial charge on any atom is -0.496 e. The van der Waals surface area contributed by atoms with E-state index in [9.17, 15) is 9.59 Å². The molecule has 6 heteroatoms. The molecule has 2 saturated heterocycles. The number of imide groups is 1. The van der Waals surface area contributed by atoms with Gasteiger partial charge in [0.15, 0.2) is 0 Å². The number of amides is 3. The van der Waals surface area contributed by atoms with Crippen LogP contribution in [0, 0.1) is 0 Å². The van der Waals surface area contributed by atoms with Crippen molar-refractivity contribution in [3.05, 3.63) is 42.0 Å². The average molecular weight is 339 g/mol. The van der Waals surface area contributed by atoms with Crippen molar-refractivity contribution in [3.8, 4) is 5.75 Å². The zero-order valence-electron chi connectivity index (χ0n) is 14.4. The molecule has 2 fully saturated rings. The molecule has 2 aliphatic rings. The number of ether oxygens (including phenoxy) is 1. The Balaban J connectivity index is 1.62. The second-order valence-electron chi connectivity index (χ2n) is 6.59. The van der Waals surface area contributed by atoms with E-state index < -0.39 is 0 Å². The van der Waals surface area contributed by atoms with Gasteiger partial charge in [0.1, 0.15) is 11.8 Å². The van der Waals surface area contributed by atoms with Gasteiger partial charge in [-0.3, -0.25) is 14.6 Å². The molecule has 1 atom stereocenters. The first-order valence-electron chi connectivity index (χ1n) is 8.45. The highest BCUT2D eigenvalue weighted by atomic mass is 16.5. The molecular weight excluding hydrogens is 318 g/mol. The highest BCUT2D eigenvalue weighted by Gasteiger charge is 2.45. The van der Waals surface area contributed by atoms with E-state index in [2.05, 4.69) is 23.1 Å². The summed E-state index contributed by atoms with van der Waals surface area (Å²) in [6.07, 6.45) is 0. The van der Waals surface area contributed by atoms with E-state index in [1.807, 2.05) is 18.2 Å². The molecule has 0 bridgehead atoms. The number of carbonyl (C=O) groups excluding carboxylic acids is 2. The Kier molecular flexibility index (Phi) is 3.84. The molecule has 4 rings (SSSR count). The van der Waals surface area contributed by atoms with E-state index in [0.29, 0.717) is 19.6 Å². The molecule has 2 aromatic rings. The summed E-state index contributed by atoms with van der Waals surface area (Å²) < 4.78 is 5.57. The maximum atomic E-state index is 12.3. The van der Waals surface area contributed by atoms with Crippen LogP contribution in [0.1, 0.15) is 5.56 Å². The fraction of sp³-hybridized carbons (Fsp3) is 0.368. The number of fused-ring (bicyclic) bond motifs is 2. The van der Waals surface area contributed by atoms with Gasteiger partial charge in [0.05, 0.1) is 7.11 Å². The number of piperazine rings is 1. The van der Waals surface area contributed by atoms with Crippen LogP contribution in [0.15, 0.2) is 36.4 Å². The number of urea groups is 1. The van der Waals surface area contributed by atoms with Crippen LogP contribution in [0.2, 0.25) is 0 Å². The van der Waals surface area contributed by atoms with Crippen LogP contribution in [-0.2, 0) is 11.3 Å². The van der Waals surface area contributed by atoms with E-state index in [-0.39, 0.29) is 18.0 Å². The van der Waals surface area contributed by atoms with E-state index in [0.717, 1.165) is 23.2 Å². The Bertz CT molecular complexity index is 851. The standard InChI is InChI=1S/C19H21N3O3/c1-20-18(23)16-12-21(9-10-22(16)19(20)24)11-15-14-6-4-3-5-13(14)7-8-17(15)25-2/h3-8,16H,9-12H2,1-2H3. The number of hydrogen-bond acceptors (Lipinski definition) is 4. The Morgan fingerprint density at radius 1 is 1.12 bits per heavy atom. The molecule has 0 aromatic heterocycles. The van der Waals surface area contributed by atoms with Gasteiger partial charge in [-0.2, -0.15) is 0 Å². The van der Waals surface area contributed by atoms with Crippen LogP contribution in [0.5, 0.6) is 5.75 Å². The van der Waals surface area contributed by atoms with Gasteiger partial charge < -0.3 is 9.64 Å². The van der Waals surface area contributed by atoms with Crippen LogP contribution in [0.3, 0.4) is 0 Å². The molecule has 0 spiro atoms. The maximum Gasteiger partial charge on any atom is 0.327 e. The minimum absolute atomic E-state index is 0.111. The van der Waals surface area contributed by atoms with Crippen molar-refractivity contribution in [2.75, 3.05) is 33.8 Å². The Hall–Kier alpha value is -2.60. The van der Waals surface area contributed by atoms with Gasteiger partial charge in [-0.25, -0.2) is 4.79 Å². The number of likely N-dealkylation sites (N-methyl/N-ethyl adjacent to an activating group) is 1. The first-order valence-corrected chi connectivity index (χ1v) is 8.45. The molecule has 25 heavy (non-hydrogen) atoms. The Morgan fingerprint density at radius 3 is 2.72 bits per heavy atom. The van der Waals surface area contributed by atoms with Gasteiger partial charge in [0.25, 0.3) is 5.91 Å². The normalized spacial score (nSPS) is 21.1. The molecule has 1 unspecified atom stereocenters. The van der Waals surface area contributed by atoms with Crippen LogP contribution in [0.25, 0.3) is 10.8 Å². The van der Waals surface area contributed by atoms with E-state index >= 15 is 0 Å². The predicted molar refractivity (Wildman–Crippen MR) is 94.4 cm³/mol. The lowest BCUT2D eigenvalue weighted by Gasteiger charge is -2.35. The van der Waals surface area contributed by atoms with Crippen molar-refractivity contribution in [2.45, 2.75) is 12.6 Å². The lowest BCUT2D eigenvalue weighted by molar-refractivity contribution is -0.128. The molecule has 2 aromatic carbocycles. The van der Waals surface area contributed by atoms with Gasteiger partial charge in [0, 0.05) is 38.8 Å². The monoisotopic (exact) mass is 339 g/mol. The summed E-state index contributed by atoms with van der Waals surface area (Å²) in [4.78, 5) is 29.5. The third kappa shape index (κ3) is 2.53. The number of benzene rings is 2. The van der Waals surface area contributed by atoms with Gasteiger partial charge in [0.2, 0.25) is 0 Å². The molecule has 0 radical (unpaired) electrons. The summed E-state index contributed by atoms with van der Waals surface area (Å²) in [7, 11) is 3.24. The van der Waals surface area contributed by atoms with Gasteiger partial charge in [-0.05, 0) is 16.8 Å². The molecule has 2 heterocycles. The summed E-state index contributed by atoms with van der Waals surface area (Å²) in [5, 5.41) is 2.33. The van der Waals surface area contributed by atoms with Crippen molar-refractivity contribution in [1.82, 2.24) is 14.7 Å². The third-order valence-corrected chi connectivity index (χ3v) is 5.21. The first kappa shape index (κ1) is 15.9. The molecule has 0 N–H and O–H groups in total. The van der Waals surface area contributed by atoms with Gasteiger partial charge in [-0.1, -0.05) is 30.3 Å². The summed E-state index contributed by atoms with van der Waals surface area (Å²) in [6, 6.07) is 11.7. The Morgan fingerprint density at radius 2 is 1.92 bits per heavy atom. The van der Waals surface area contributed by atoms with Gasteiger partial charge in [-0.15, -0.1) is 0 Å². The largest absolute Gasteiger partial charge is 0.496 e. The van der Waals surface area contributed by atoms with Crippen LogP contribution >= 0.6 is 0 Å². The second-order valence-corrected chi connectivity index (χ2v) is 6.59. The maximum absolute atomic E-state index is 12.3. The molecule has 0 aliphatic carbocycles. The van der Waals surface area contributed by atoms with Gasteiger partial charge >= 0.3 is 6.03 Å². The summed E-state index contributed by atoms with van der Waals surface area (Å²) in [5.41, 5.74) is 1.12. The van der Waals surface area contributed by atoms with Crippen molar-refractivity contribution < 1.29 is 14.3 Å². The van der Waals surface area contributed by atoms with Crippen LogP contribution < -0.4 is 4.74 Å². The number of nitrogens with zero attached hydrogens (tertiary/aromatic N) is 3. The van der Waals surface area contributed by atoms with E-state index in [1.165, 1.54) is 10.3 Å². The summed E-state index contributed by atoms with van der Waals surface area (Å²) in [6.45, 7) is 2.57. The van der Waals surface area contributed by atoms with E-state index in [4.69, 9.17) is 4.74 Å². The number of rotatable bonds is 3. The summed E-state index contributed by atoms with van der Waals surface area (Å²) >= 11 is 0. The molecule has 0 saturated carbocycles. The fourth-order valence-corrected chi connectivity index (χ4v) is 3.83. The molecular formula is C19H21N3O3. The smallest absolute Gasteiger partial charge is 0.327 e. The lowest BCUT2D eigenvalue weighted by atomic mass is 10.0. The molecule has 130 valence electrons. The lowest BCUT2D eigenvalue weighted by Crippen LogP contribution is -2.52. The molecule has 3 amide bonds. The second kappa shape index (κ2) is 6.04. The van der Waals surface area contributed by atoms with Crippen molar-refractivity contribution in [2.24, 2.45) is 0 Å². The van der Waals surface area contributed by atoms with E-state index in [1.54, 1.807) is 19.1 Å². The van der Waals surface area contributed by atoms with Crippen molar-refractivity contribution in [3.63, 3.8) is 0 Å². The third-order valence-electron chi connectivity index (χ3n) is 5.21. The summed E-state index contributed by atoms with van der Waals surface area (Å²) in [5.74, 6) is 0.742. The fourth-order valence-electron chi connectivity index (χ4n) is 3.83. The minimum atomic E-state index is -0.368. The highest BCUT2D eigenvalue weighted by Crippen LogP contribution is 2.30. The number of methoxy groups -OCH3 is 1. The highest BCUT2D eigenvalue weighted by molar-refractivity contribution is 6.04. The Labute approximate surface area is 146 Å². The quantitative estimate of drug-likeness (QED) is 0.802. The number of hydrogen-bond donors (Lipinski definition) is 0. The number of carbonyl (C=O) groups is 2. The molecule has 6 nitrogen and oxygen atoms in total. The zero-order chi connectivity index (χ0) is 17.6. The van der Waals surface area contributed by atoms with Crippen molar-refractivity contribution in [1.29, 1.82) is 0 Å². The molecule has 2 aliphatic heterocycles. The van der Waals surface area contributed by atoms with Crippen LogP contribution in [-0.4, -0.2) is 66.5 Å². The first-order chi connectivity index (χ1) is 12.1. The zero-order valence-corrected chi connectivity index (χ0v) is 14.4. The predicted octanol–water partition coefficient (Wildman–Crippen LogP) is 1.93. The van der Waals surface area contributed by atoms with Crippen LogP contribution in [0.4, 0.5) is 4.79 Å².